The molecule has 3 amide bonds. The molecule has 0 aliphatic carbocycles. The summed E-state index contributed by atoms with van der Waals surface area (Å²) in [4.78, 5) is 24.8. The van der Waals surface area contributed by atoms with Crippen LogP contribution in [0.15, 0.2) is 96.1 Å². The Bertz CT molecular complexity index is 1700. The molecule has 228 valence electrons. The Balaban J connectivity index is 1.51. The number of nitrogens with zero attached hydrogens (tertiary/aromatic N) is 3. The number of nitrogens with one attached hydrogen (secondary N) is 3. The lowest BCUT2D eigenvalue weighted by Crippen LogP contribution is -2.21. The van der Waals surface area contributed by atoms with Gasteiger partial charge in [0.1, 0.15) is 24.8 Å². The number of allylic oxidation sites excluding steroid dienone is 1. The summed E-state index contributed by atoms with van der Waals surface area (Å²) in [5, 5.41) is 16.3. The zero-order valence-corrected chi connectivity index (χ0v) is 25.7. The van der Waals surface area contributed by atoms with Gasteiger partial charge in [-0.05, 0) is 42.8 Å². The number of aryl methyl sites for hydroxylation is 1. The van der Waals surface area contributed by atoms with Crippen molar-refractivity contribution in [1.29, 1.82) is 0 Å². The molecule has 0 atom stereocenters. The largest absolute Gasteiger partial charge is 0.488 e. The number of methoxy groups -OCH3 is 1. The minimum Gasteiger partial charge on any atom is -0.488 e. The number of anilines is 2. The Labute approximate surface area is 257 Å². The van der Waals surface area contributed by atoms with Gasteiger partial charge in [0, 0.05) is 35.6 Å². The zero-order valence-electron chi connectivity index (χ0n) is 25.7. The molecule has 0 saturated heterocycles. The number of fused-ring (bicyclic) bond motifs is 1. The van der Waals surface area contributed by atoms with Gasteiger partial charge in [-0.3, -0.25) is 10.1 Å². The third-order valence-electron chi connectivity index (χ3n) is 6.61. The number of urea groups is 1. The summed E-state index contributed by atoms with van der Waals surface area (Å²) >= 11 is 0. The SMILES string of the molecule is C=C/C(=C\C=N/NC(=O)COC)COc1ccc(NC(=O)Nc2cc(C(C)(C)C)nn2-c2ccc(C)cc2)c2ccccc12. The van der Waals surface area contributed by atoms with Crippen molar-refractivity contribution in [2.45, 2.75) is 33.1 Å². The van der Waals surface area contributed by atoms with Crippen LogP contribution in [0, 0.1) is 6.92 Å². The summed E-state index contributed by atoms with van der Waals surface area (Å²) in [7, 11) is 1.43. The van der Waals surface area contributed by atoms with Crippen LogP contribution < -0.4 is 20.8 Å². The van der Waals surface area contributed by atoms with E-state index in [-0.39, 0.29) is 24.5 Å². The molecule has 0 aliphatic rings. The molecule has 0 aliphatic heterocycles. The van der Waals surface area contributed by atoms with E-state index < -0.39 is 6.03 Å². The van der Waals surface area contributed by atoms with Crippen molar-refractivity contribution in [2.24, 2.45) is 5.10 Å². The van der Waals surface area contributed by atoms with Crippen molar-refractivity contribution in [3.05, 3.63) is 102 Å². The topological polar surface area (TPSA) is 119 Å². The lowest BCUT2D eigenvalue weighted by atomic mass is 9.92. The standard InChI is InChI=1S/C34H38N6O4/c1-7-24(18-19-35-38-32(41)22-43-6)21-44-29-17-16-28(26-10-8-9-11-27(26)29)36-33(42)37-31-20-30(34(3,4)5)39-40(31)25-14-12-23(2)13-15-25/h7-20H,1,21-22H2,2-6H3,(H,38,41)(H2,36,37,42)/b24-18+,35-19-. The maximum atomic E-state index is 13.3. The summed E-state index contributed by atoms with van der Waals surface area (Å²) < 4.78 is 12.6. The predicted molar refractivity (Wildman–Crippen MR) is 176 cm³/mol. The van der Waals surface area contributed by atoms with Gasteiger partial charge in [-0.2, -0.15) is 10.2 Å². The minimum atomic E-state index is -0.397. The van der Waals surface area contributed by atoms with Gasteiger partial charge >= 0.3 is 6.03 Å². The normalized spacial score (nSPS) is 11.9. The molecule has 0 unspecified atom stereocenters. The van der Waals surface area contributed by atoms with E-state index in [4.69, 9.17) is 14.6 Å². The number of benzene rings is 3. The maximum Gasteiger partial charge on any atom is 0.324 e. The van der Waals surface area contributed by atoms with Crippen LogP contribution in [0.25, 0.3) is 16.5 Å². The summed E-state index contributed by atoms with van der Waals surface area (Å²) in [6, 6.07) is 20.8. The maximum absolute atomic E-state index is 13.3. The number of amides is 3. The smallest absolute Gasteiger partial charge is 0.324 e. The van der Waals surface area contributed by atoms with Crippen molar-refractivity contribution in [3.8, 4) is 11.4 Å². The van der Waals surface area contributed by atoms with Crippen molar-refractivity contribution in [2.75, 3.05) is 31.0 Å². The molecule has 10 heteroatoms. The van der Waals surface area contributed by atoms with Crippen molar-refractivity contribution < 1.29 is 19.1 Å². The van der Waals surface area contributed by atoms with Gasteiger partial charge < -0.3 is 14.8 Å². The minimum absolute atomic E-state index is 0.0750. The lowest BCUT2D eigenvalue weighted by molar-refractivity contribution is -0.124. The third kappa shape index (κ3) is 8.20. The predicted octanol–water partition coefficient (Wildman–Crippen LogP) is 6.52. The third-order valence-corrected chi connectivity index (χ3v) is 6.61. The van der Waals surface area contributed by atoms with Crippen LogP contribution in [0.1, 0.15) is 32.0 Å². The highest BCUT2D eigenvalue weighted by atomic mass is 16.5. The van der Waals surface area contributed by atoms with Crippen molar-refractivity contribution in [1.82, 2.24) is 15.2 Å². The Morgan fingerprint density at radius 3 is 2.41 bits per heavy atom. The van der Waals surface area contributed by atoms with Gasteiger partial charge in [0.25, 0.3) is 5.91 Å². The van der Waals surface area contributed by atoms with Crippen molar-refractivity contribution >= 4 is 40.4 Å². The molecular weight excluding hydrogens is 556 g/mol. The zero-order chi connectivity index (χ0) is 31.7. The molecule has 3 aromatic carbocycles. The Morgan fingerprint density at radius 2 is 1.73 bits per heavy atom. The van der Waals surface area contributed by atoms with Crippen LogP contribution in [0.3, 0.4) is 0 Å². The average molecular weight is 595 g/mol. The summed E-state index contributed by atoms with van der Waals surface area (Å²) in [6.07, 6.45) is 4.79. The molecule has 0 bridgehead atoms. The fraction of sp³-hybridized carbons (Fsp3) is 0.235. The molecule has 1 heterocycles. The number of carbonyl (C=O) groups is 2. The van der Waals surface area contributed by atoms with Crippen LogP contribution in [0.4, 0.5) is 16.3 Å². The summed E-state index contributed by atoms with van der Waals surface area (Å²) in [5.74, 6) is 0.844. The molecule has 3 N–H and O–H groups in total. The fourth-order valence-corrected chi connectivity index (χ4v) is 4.24. The molecule has 4 aromatic rings. The molecule has 4 rings (SSSR count). The Hall–Kier alpha value is -5.22. The van der Waals surface area contributed by atoms with Gasteiger partial charge in [-0.1, -0.05) is 75.4 Å². The molecule has 0 radical (unpaired) electrons. The number of hydrazone groups is 1. The first-order valence-corrected chi connectivity index (χ1v) is 14.1. The lowest BCUT2D eigenvalue weighted by Gasteiger charge is -2.14. The highest BCUT2D eigenvalue weighted by Crippen LogP contribution is 2.32. The van der Waals surface area contributed by atoms with Gasteiger partial charge in [0.05, 0.1) is 17.1 Å². The first kappa shape index (κ1) is 31.7. The van der Waals surface area contributed by atoms with Gasteiger partial charge in [0.2, 0.25) is 0 Å². The van der Waals surface area contributed by atoms with E-state index in [1.165, 1.54) is 13.3 Å². The molecular formula is C34H38N6O4. The van der Waals surface area contributed by atoms with E-state index in [1.807, 2.05) is 67.6 Å². The van der Waals surface area contributed by atoms with Crippen molar-refractivity contribution in [3.63, 3.8) is 0 Å². The number of ether oxygens (including phenoxy) is 2. The van der Waals surface area contributed by atoms with E-state index in [1.54, 1.807) is 22.9 Å². The van der Waals surface area contributed by atoms with Crippen LogP contribution >= 0.6 is 0 Å². The van der Waals surface area contributed by atoms with E-state index in [0.717, 1.165) is 33.3 Å². The first-order chi connectivity index (χ1) is 21.1. The molecule has 44 heavy (non-hydrogen) atoms. The van der Waals surface area contributed by atoms with Crippen LogP contribution in [0.5, 0.6) is 5.75 Å². The molecule has 0 saturated carbocycles. The van der Waals surface area contributed by atoms with Gasteiger partial charge in [-0.25, -0.2) is 14.9 Å². The summed E-state index contributed by atoms with van der Waals surface area (Å²) in [6.45, 7) is 12.2. The molecule has 1 aromatic heterocycles. The molecule has 10 nitrogen and oxygen atoms in total. The quantitative estimate of drug-likeness (QED) is 0.104. The second-order valence-electron chi connectivity index (χ2n) is 11.1. The molecule has 0 spiro atoms. The van der Waals surface area contributed by atoms with Crippen LogP contribution in [0.2, 0.25) is 0 Å². The average Bonchev–Trinajstić information content (AvgIpc) is 3.42. The second kappa shape index (κ2) is 14.3. The number of hydrogen-bond acceptors (Lipinski definition) is 6. The highest BCUT2D eigenvalue weighted by molar-refractivity contribution is 6.07. The van der Waals surface area contributed by atoms with Gasteiger partial charge in [-0.15, -0.1) is 0 Å². The number of hydrogen-bond donors (Lipinski definition) is 3. The second-order valence-corrected chi connectivity index (χ2v) is 11.1. The van der Waals surface area contributed by atoms with E-state index in [9.17, 15) is 9.59 Å². The van der Waals surface area contributed by atoms with Crippen LogP contribution in [-0.2, 0) is 14.9 Å². The number of aromatic nitrogens is 2. The number of carbonyl (C=O) groups excluding carboxylic acids is 2. The highest BCUT2D eigenvalue weighted by Gasteiger charge is 2.22. The fourth-order valence-electron chi connectivity index (χ4n) is 4.24. The number of rotatable bonds is 11. The Kier molecular flexibility index (Phi) is 10.3. The summed E-state index contributed by atoms with van der Waals surface area (Å²) in [5.41, 5.74) is 6.37. The monoisotopic (exact) mass is 594 g/mol. The first-order valence-electron chi connectivity index (χ1n) is 14.1. The molecule has 0 fully saturated rings. The van der Waals surface area contributed by atoms with E-state index in [2.05, 4.69) is 48.5 Å². The van der Waals surface area contributed by atoms with E-state index >= 15 is 0 Å². The van der Waals surface area contributed by atoms with Gasteiger partial charge in [0.15, 0.2) is 0 Å². The van der Waals surface area contributed by atoms with Crippen LogP contribution in [-0.4, -0.2) is 48.3 Å². The van der Waals surface area contributed by atoms with E-state index in [0.29, 0.717) is 17.3 Å². The Morgan fingerprint density at radius 1 is 1.00 bits per heavy atom.